The summed E-state index contributed by atoms with van der Waals surface area (Å²) >= 11 is 0. The predicted molar refractivity (Wildman–Crippen MR) is 417 cm³/mol. The molecule has 0 atom stereocenters. The van der Waals surface area contributed by atoms with Crippen molar-refractivity contribution >= 4 is 45.9 Å². The van der Waals surface area contributed by atoms with Gasteiger partial charge in [0.05, 0.1) is 12.2 Å². The van der Waals surface area contributed by atoms with Crippen LogP contribution in [0, 0.1) is 5.41 Å². The Morgan fingerprint density at radius 2 is 0.576 bits per heavy atom. The van der Waals surface area contributed by atoms with E-state index in [2.05, 4.69) is 330 Å². The average Bonchev–Trinajstić information content (AvgIpc) is 0.804. The number of hydrogen-bond donors (Lipinski definition) is 0. The van der Waals surface area contributed by atoms with Crippen LogP contribution in [0.15, 0.2) is 279 Å². The van der Waals surface area contributed by atoms with E-state index in [1.54, 1.807) is 0 Å². The number of Topliss-reactive ketones (excluding diaryl/α,β-unsaturated/α-hetero) is 1. The van der Waals surface area contributed by atoms with Gasteiger partial charge in [-0.3, -0.25) is 9.59 Å². The Bertz CT molecular complexity index is 4260. The van der Waals surface area contributed by atoms with E-state index in [-0.39, 0.29) is 23.6 Å². The van der Waals surface area contributed by atoms with Crippen LogP contribution >= 0.6 is 0 Å². The van der Waals surface area contributed by atoms with Gasteiger partial charge in [0.15, 0.2) is 0 Å². The predicted octanol–water partition coefficient (Wildman–Crippen LogP) is 25.8. The Balaban J connectivity index is 0.756. The molecule has 0 fully saturated rings. The second kappa shape index (κ2) is 34.6. The summed E-state index contributed by atoms with van der Waals surface area (Å²) in [5.74, 6) is 0.167. The van der Waals surface area contributed by atoms with Crippen LogP contribution in [0.25, 0.3) is 66.8 Å². The fourth-order valence-corrected chi connectivity index (χ4v) is 13.3. The third-order valence-electron chi connectivity index (χ3n) is 19.5. The highest BCUT2D eigenvalue weighted by Crippen LogP contribution is 2.41. The molecule has 0 amide bonds. The minimum Gasteiger partial charge on any atom is -0.463 e. The van der Waals surface area contributed by atoms with E-state index in [9.17, 15) is 9.59 Å². The van der Waals surface area contributed by atoms with E-state index in [1.807, 2.05) is 0 Å². The molecule has 0 N–H and O–H groups in total. The van der Waals surface area contributed by atoms with E-state index in [0.717, 1.165) is 116 Å². The van der Waals surface area contributed by atoms with Gasteiger partial charge in [-0.05, 0) is 190 Å². The third-order valence-corrected chi connectivity index (χ3v) is 19.5. The van der Waals surface area contributed by atoms with Gasteiger partial charge in [-0.25, -0.2) is 0 Å². The van der Waals surface area contributed by atoms with Crippen LogP contribution in [0.1, 0.15) is 136 Å². The number of hydrogen-bond acceptors (Lipinski definition) is 6. The summed E-state index contributed by atoms with van der Waals surface area (Å²) in [5, 5.41) is 0. The number of carbonyl (C=O) groups excluding carboxylic acids is 2. The molecular weight excluding hydrogens is 1210 g/mol. The maximum Gasteiger partial charge on any atom is 0.306 e. The van der Waals surface area contributed by atoms with Gasteiger partial charge in [-0.1, -0.05) is 292 Å². The molecule has 11 aromatic carbocycles. The highest BCUT2D eigenvalue weighted by molar-refractivity contribution is 5.85. The number of carbonyl (C=O) groups is 2. The van der Waals surface area contributed by atoms with E-state index < -0.39 is 0 Å². The number of aryl methyl sites for hydroxylation is 2. The van der Waals surface area contributed by atoms with E-state index in [4.69, 9.17) is 9.47 Å². The van der Waals surface area contributed by atoms with Gasteiger partial charge in [0.1, 0.15) is 12.4 Å². The molecule has 0 bridgehead atoms. The minimum absolute atomic E-state index is 0.199. The van der Waals surface area contributed by atoms with E-state index in [0.29, 0.717) is 31.7 Å². The van der Waals surface area contributed by atoms with Crippen LogP contribution in [-0.2, 0) is 31.9 Å². The average molecular weight is 1310 g/mol. The smallest absolute Gasteiger partial charge is 0.306 e. The lowest BCUT2D eigenvalue weighted by molar-refractivity contribution is -0.147. The monoisotopic (exact) mass is 1310 g/mol. The molecule has 504 valence electrons. The first kappa shape index (κ1) is 70.4. The van der Waals surface area contributed by atoms with Crippen LogP contribution in [-0.4, -0.2) is 30.6 Å². The topological polar surface area (TPSA) is 59.1 Å². The van der Waals surface area contributed by atoms with E-state index >= 15 is 0 Å². The van der Waals surface area contributed by atoms with Crippen molar-refractivity contribution in [2.45, 2.75) is 143 Å². The Hall–Kier alpha value is -9.88. The van der Waals surface area contributed by atoms with Gasteiger partial charge in [0.25, 0.3) is 0 Å². The molecule has 0 radical (unpaired) electrons. The molecule has 6 nitrogen and oxygen atoms in total. The molecule has 0 aliphatic carbocycles. The van der Waals surface area contributed by atoms with Crippen molar-refractivity contribution in [3.63, 3.8) is 0 Å². The SMILES string of the molecule is CCCCCCCC(C)(C)C(=O)CCc1ccc(-c2ccc(N(c3ccc(-c4ccccc4)cc3)c3ccc(-c4ccc(-c5ccc(N(c6ccc(-c7ccccc7)cc6)c6ccc(-c7ccc(CCC(=O)OCCOC(C)(C)CCCCCC)cc7)cc6)cc5)cc4)cc3)cc2)cc1. The van der Waals surface area contributed by atoms with Crippen molar-refractivity contribution in [2.75, 3.05) is 23.0 Å². The summed E-state index contributed by atoms with van der Waals surface area (Å²) in [4.78, 5) is 30.7. The Morgan fingerprint density at radius 3 is 0.909 bits per heavy atom. The summed E-state index contributed by atoms with van der Waals surface area (Å²) < 4.78 is 11.6. The van der Waals surface area contributed by atoms with Crippen molar-refractivity contribution in [3.8, 4) is 66.8 Å². The van der Waals surface area contributed by atoms with Crippen LogP contribution in [0.5, 0.6) is 0 Å². The molecule has 11 rings (SSSR count). The van der Waals surface area contributed by atoms with Gasteiger partial charge in [0.2, 0.25) is 0 Å². The van der Waals surface area contributed by atoms with Crippen molar-refractivity contribution < 1.29 is 19.1 Å². The number of ketones is 1. The third kappa shape index (κ3) is 19.5. The highest BCUT2D eigenvalue weighted by atomic mass is 16.6. The van der Waals surface area contributed by atoms with Crippen LogP contribution in [0.4, 0.5) is 34.1 Å². The molecule has 0 spiro atoms. The molecule has 0 saturated carbocycles. The zero-order valence-electron chi connectivity index (χ0n) is 59.1. The molecular formula is C93H98N2O4. The van der Waals surface area contributed by atoms with Crippen LogP contribution in [0.2, 0.25) is 0 Å². The maximum absolute atomic E-state index is 13.3. The lowest BCUT2D eigenvalue weighted by Gasteiger charge is -2.26. The number of anilines is 6. The lowest BCUT2D eigenvalue weighted by Crippen LogP contribution is -2.26. The Labute approximate surface area is 590 Å². The zero-order valence-corrected chi connectivity index (χ0v) is 59.1. The first-order valence-corrected chi connectivity index (χ1v) is 36.2. The summed E-state index contributed by atoms with van der Waals surface area (Å²) in [6, 6.07) is 100. The van der Waals surface area contributed by atoms with Gasteiger partial charge in [0, 0.05) is 52.4 Å². The number of ether oxygens (including phenoxy) is 2. The first-order chi connectivity index (χ1) is 48.3. The summed E-state index contributed by atoms with van der Waals surface area (Å²) in [7, 11) is 0. The summed E-state index contributed by atoms with van der Waals surface area (Å²) in [6.07, 6.45) is 15.2. The number of nitrogens with zero attached hydrogens (tertiary/aromatic N) is 2. The van der Waals surface area contributed by atoms with Crippen LogP contribution < -0.4 is 9.80 Å². The van der Waals surface area contributed by atoms with Crippen molar-refractivity contribution in [2.24, 2.45) is 5.41 Å². The molecule has 99 heavy (non-hydrogen) atoms. The first-order valence-electron chi connectivity index (χ1n) is 36.2. The fourth-order valence-electron chi connectivity index (χ4n) is 13.3. The molecule has 11 aromatic rings. The second-order valence-corrected chi connectivity index (χ2v) is 27.8. The van der Waals surface area contributed by atoms with E-state index in [1.165, 1.54) is 72.8 Å². The maximum atomic E-state index is 13.3. The largest absolute Gasteiger partial charge is 0.463 e. The standard InChI is InChI=1S/C93H98N2O4/c1-7-9-11-13-20-66-92(3,4)90(96)64-30-70-26-32-74(33-27-70)80-44-56-86(57-45-80)94(84-52-40-78(41-53-84)72-22-16-14-17-23-72)88-60-48-82(49-61-88)76-36-38-77(39-37-76)83-50-62-89(63-51-83)95(85-54-42-79(43-55-85)73-24-18-15-19-25-73)87-58-46-81(47-59-87)75-34-28-71(29-35-75)31-65-91(97)98-68-69-99-93(5,6)67-21-12-10-8-2/h14-19,22-29,32-63H,7-13,20-21,30-31,64-69H2,1-6H3. The van der Waals surface area contributed by atoms with Crippen LogP contribution in [0.3, 0.4) is 0 Å². The zero-order chi connectivity index (χ0) is 68.8. The quantitative estimate of drug-likeness (QED) is 0.0296. The molecule has 0 saturated heterocycles. The van der Waals surface area contributed by atoms with Gasteiger partial charge >= 0.3 is 5.97 Å². The second-order valence-electron chi connectivity index (χ2n) is 27.8. The molecule has 0 heterocycles. The highest BCUT2D eigenvalue weighted by Gasteiger charge is 2.27. The Morgan fingerprint density at radius 1 is 0.303 bits per heavy atom. The molecule has 0 unspecified atom stereocenters. The number of unbranched alkanes of at least 4 members (excludes halogenated alkanes) is 7. The molecule has 6 heteroatoms. The summed E-state index contributed by atoms with van der Waals surface area (Å²) in [5.41, 5.74) is 22.0. The normalized spacial score (nSPS) is 11.5. The minimum atomic E-state index is -0.274. The number of benzene rings is 11. The van der Waals surface area contributed by atoms with Crippen molar-refractivity contribution in [1.82, 2.24) is 0 Å². The number of esters is 1. The molecule has 0 aromatic heterocycles. The van der Waals surface area contributed by atoms with Crippen molar-refractivity contribution in [1.29, 1.82) is 0 Å². The van der Waals surface area contributed by atoms with Gasteiger partial charge < -0.3 is 19.3 Å². The lowest BCUT2D eigenvalue weighted by atomic mass is 9.80. The molecule has 0 aliphatic rings. The van der Waals surface area contributed by atoms with Gasteiger partial charge in [-0.2, -0.15) is 0 Å². The summed E-state index contributed by atoms with van der Waals surface area (Å²) in [6.45, 7) is 13.7. The Kier molecular flexibility index (Phi) is 24.6. The van der Waals surface area contributed by atoms with Gasteiger partial charge in [-0.15, -0.1) is 0 Å². The molecule has 0 aliphatic heterocycles. The number of rotatable bonds is 34. The van der Waals surface area contributed by atoms with Crippen molar-refractivity contribution in [3.05, 3.63) is 290 Å². The fraction of sp³-hybridized carbons (Fsp3) is 0.269.